The highest BCUT2D eigenvalue weighted by Crippen LogP contribution is 2.60. The van der Waals surface area contributed by atoms with Crippen LogP contribution in [0.15, 0.2) is 70.4 Å². The Morgan fingerprint density at radius 3 is 2.81 bits per heavy atom. The van der Waals surface area contributed by atoms with Crippen molar-refractivity contribution in [3.8, 4) is 0 Å². The summed E-state index contributed by atoms with van der Waals surface area (Å²) in [5.41, 5.74) is 2.77. The van der Waals surface area contributed by atoms with E-state index in [0.717, 1.165) is 37.3 Å². The summed E-state index contributed by atoms with van der Waals surface area (Å²) in [6.07, 6.45) is 15.1. The quantitative estimate of drug-likeness (QED) is 0.432. The Kier molecular flexibility index (Phi) is 5.61. The first kappa shape index (κ1) is 22.2. The maximum Gasteiger partial charge on any atom is 0.426 e. The molecule has 0 saturated heterocycles. The Morgan fingerprint density at radius 1 is 1.29 bits per heavy atom. The normalized spacial score (nSPS) is 31.5. The van der Waals surface area contributed by atoms with Gasteiger partial charge < -0.3 is 4.74 Å². The van der Waals surface area contributed by atoms with E-state index in [2.05, 4.69) is 30.4 Å². The Morgan fingerprint density at radius 2 is 2.06 bits per heavy atom. The first-order valence-electron chi connectivity index (χ1n) is 10.6. The van der Waals surface area contributed by atoms with Crippen LogP contribution >= 0.6 is 11.6 Å². The third-order valence-electron chi connectivity index (χ3n) is 7.09. The zero-order valence-corrected chi connectivity index (χ0v) is 18.4. The lowest BCUT2D eigenvalue weighted by atomic mass is 9.65. The van der Waals surface area contributed by atoms with Crippen LogP contribution in [0.4, 0.5) is 13.2 Å². The standard InChI is InChI=1S/C25H26ClF3O2/c1-23(2)19(14-20(26)25(27,28)29)21(23)22(30)31-15-16-8-7-13-24-12-6-5-10-17(24)9-3-4-11-18(16)24/h5-10,12,14,19,21H,3-4,11,13,15H2,1-2H3/t19-,21-,24?/m1/s1. The summed E-state index contributed by atoms with van der Waals surface area (Å²) in [5.74, 6) is -1.68. The number of ether oxygens (including phenoxy) is 1. The van der Waals surface area contributed by atoms with E-state index in [1.165, 1.54) is 11.1 Å². The molecule has 1 unspecified atom stereocenters. The molecule has 3 atom stereocenters. The molecule has 0 aromatic heterocycles. The van der Waals surface area contributed by atoms with Crippen LogP contribution in [0, 0.1) is 22.7 Å². The van der Waals surface area contributed by atoms with Gasteiger partial charge in [-0.2, -0.15) is 13.2 Å². The van der Waals surface area contributed by atoms with Crippen LogP contribution in [0.2, 0.25) is 0 Å². The fraction of sp³-hybridized carbons (Fsp3) is 0.480. The number of carbonyl (C=O) groups is 1. The smallest absolute Gasteiger partial charge is 0.426 e. The second-order valence-corrected chi connectivity index (χ2v) is 9.70. The number of esters is 1. The van der Waals surface area contributed by atoms with Gasteiger partial charge in [-0.1, -0.05) is 74.1 Å². The molecule has 0 heterocycles. The maximum atomic E-state index is 12.8. The molecular weight excluding hydrogens is 425 g/mol. The van der Waals surface area contributed by atoms with Crippen LogP contribution in [0.5, 0.6) is 0 Å². The second kappa shape index (κ2) is 7.84. The molecule has 6 heteroatoms. The molecule has 0 aromatic rings. The number of allylic oxidation sites excluding steroid dienone is 10. The first-order chi connectivity index (χ1) is 14.6. The molecule has 0 N–H and O–H groups in total. The van der Waals surface area contributed by atoms with Gasteiger partial charge in [0.05, 0.1) is 5.92 Å². The van der Waals surface area contributed by atoms with Crippen molar-refractivity contribution in [2.24, 2.45) is 22.7 Å². The number of halogens is 4. The fourth-order valence-electron chi connectivity index (χ4n) is 5.22. The molecule has 0 amide bonds. The minimum absolute atomic E-state index is 0.132. The summed E-state index contributed by atoms with van der Waals surface area (Å²) in [5, 5.41) is -1.18. The van der Waals surface area contributed by atoms with Crippen molar-refractivity contribution in [3.05, 3.63) is 70.4 Å². The van der Waals surface area contributed by atoms with Gasteiger partial charge in [0.25, 0.3) is 0 Å². The van der Waals surface area contributed by atoms with Gasteiger partial charge in [0, 0.05) is 5.41 Å². The molecule has 31 heavy (non-hydrogen) atoms. The van der Waals surface area contributed by atoms with Crippen molar-refractivity contribution >= 4 is 17.6 Å². The Bertz CT molecular complexity index is 962. The minimum Gasteiger partial charge on any atom is -0.461 e. The highest BCUT2D eigenvalue weighted by atomic mass is 35.5. The Labute approximate surface area is 185 Å². The zero-order valence-electron chi connectivity index (χ0n) is 17.6. The molecule has 4 aliphatic carbocycles. The molecule has 4 rings (SSSR count). The largest absolute Gasteiger partial charge is 0.461 e. The summed E-state index contributed by atoms with van der Waals surface area (Å²) in [4.78, 5) is 12.8. The van der Waals surface area contributed by atoms with Gasteiger partial charge in [-0.25, -0.2) is 0 Å². The second-order valence-electron chi connectivity index (χ2n) is 9.30. The van der Waals surface area contributed by atoms with Gasteiger partial charge in [-0.05, 0) is 53.7 Å². The van der Waals surface area contributed by atoms with Crippen molar-refractivity contribution < 1.29 is 22.7 Å². The van der Waals surface area contributed by atoms with E-state index in [4.69, 9.17) is 16.3 Å². The Hall–Kier alpha value is -2.01. The molecule has 0 aliphatic heterocycles. The maximum absolute atomic E-state index is 12.8. The van der Waals surface area contributed by atoms with Gasteiger partial charge in [0.15, 0.2) is 0 Å². The van der Waals surface area contributed by atoms with Gasteiger partial charge >= 0.3 is 12.1 Å². The van der Waals surface area contributed by atoms with Gasteiger partial charge in [-0.15, -0.1) is 0 Å². The molecule has 1 saturated carbocycles. The van der Waals surface area contributed by atoms with Crippen LogP contribution in [0.25, 0.3) is 0 Å². The van der Waals surface area contributed by atoms with Crippen LogP contribution in [0.1, 0.15) is 39.5 Å². The Balaban J connectivity index is 1.51. The molecule has 1 fully saturated rings. The van der Waals surface area contributed by atoms with E-state index in [0.29, 0.717) is 0 Å². The van der Waals surface area contributed by atoms with Crippen molar-refractivity contribution in [2.75, 3.05) is 6.61 Å². The molecular formula is C25H26ClF3O2. The van der Waals surface area contributed by atoms with Crippen molar-refractivity contribution in [1.29, 1.82) is 0 Å². The highest BCUT2D eigenvalue weighted by molar-refractivity contribution is 6.30. The number of carbonyl (C=O) groups excluding carboxylic acids is 1. The summed E-state index contributed by atoms with van der Waals surface area (Å²) in [6, 6.07) is 0. The van der Waals surface area contributed by atoms with Crippen molar-refractivity contribution in [1.82, 2.24) is 0 Å². The zero-order chi connectivity index (χ0) is 22.4. The number of rotatable bonds is 4. The molecule has 4 aliphatic rings. The summed E-state index contributed by atoms with van der Waals surface area (Å²) < 4.78 is 44.0. The van der Waals surface area contributed by atoms with Crippen LogP contribution < -0.4 is 0 Å². The van der Waals surface area contributed by atoms with Crippen LogP contribution in [0.3, 0.4) is 0 Å². The topological polar surface area (TPSA) is 26.3 Å². The lowest BCUT2D eigenvalue weighted by molar-refractivity contribution is -0.145. The van der Waals surface area contributed by atoms with Crippen LogP contribution in [-0.2, 0) is 9.53 Å². The highest BCUT2D eigenvalue weighted by Gasteiger charge is 2.62. The predicted octanol–water partition coefficient (Wildman–Crippen LogP) is 6.97. The van der Waals surface area contributed by atoms with E-state index < -0.39 is 34.4 Å². The third kappa shape index (κ3) is 3.97. The fourth-order valence-corrected chi connectivity index (χ4v) is 5.35. The molecule has 0 aromatic carbocycles. The average molecular weight is 451 g/mol. The number of alkyl halides is 3. The minimum atomic E-state index is -4.60. The SMILES string of the molecule is CC1(C)[C@H](C=C(Cl)C(F)(F)F)[C@@H]1C(=O)OCC1=C2CCCC=C3C=CC=CC32CC=C1. The third-order valence-corrected chi connectivity index (χ3v) is 7.43. The first-order valence-corrected chi connectivity index (χ1v) is 11.0. The van der Waals surface area contributed by atoms with Crippen LogP contribution in [-0.4, -0.2) is 18.8 Å². The summed E-state index contributed by atoms with van der Waals surface area (Å²) in [6.45, 7) is 3.66. The molecule has 0 radical (unpaired) electrons. The molecule has 0 bridgehead atoms. The van der Waals surface area contributed by atoms with Crippen molar-refractivity contribution in [2.45, 2.75) is 45.7 Å². The van der Waals surface area contributed by atoms with E-state index in [-0.39, 0.29) is 12.0 Å². The molecule has 166 valence electrons. The monoisotopic (exact) mass is 450 g/mol. The van der Waals surface area contributed by atoms with E-state index >= 15 is 0 Å². The van der Waals surface area contributed by atoms with E-state index in [1.54, 1.807) is 13.8 Å². The van der Waals surface area contributed by atoms with Gasteiger partial charge in [0.2, 0.25) is 0 Å². The molecule has 2 nitrogen and oxygen atoms in total. The van der Waals surface area contributed by atoms with Gasteiger partial charge in [-0.3, -0.25) is 4.79 Å². The summed E-state index contributed by atoms with van der Waals surface area (Å²) in [7, 11) is 0. The predicted molar refractivity (Wildman–Crippen MR) is 115 cm³/mol. The van der Waals surface area contributed by atoms with Crippen molar-refractivity contribution in [3.63, 3.8) is 0 Å². The number of hydrogen-bond donors (Lipinski definition) is 0. The molecule has 1 spiro atoms. The number of hydrogen-bond acceptors (Lipinski definition) is 2. The van der Waals surface area contributed by atoms with E-state index in [9.17, 15) is 18.0 Å². The van der Waals surface area contributed by atoms with E-state index in [1.807, 2.05) is 12.2 Å². The van der Waals surface area contributed by atoms with Gasteiger partial charge in [0.1, 0.15) is 11.6 Å². The lowest BCUT2D eigenvalue weighted by Crippen LogP contribution is -2.27. The summed E-state index contributed by atoms with van der Waals surface area (Å²) >= 11 is 5.39. The lowest BCUT2D eigenvalue weighted by Gasteiger charge is -2.38. The average Bonchev–Trinajstić information content (AvgIpc) is 3.31.